The molecule has 32 heavy (non-hydrogen) atoms. The van der Waals surface area contributed by atoms with Crippen LogP contribution in [0.4, 0.5) is 18.9 Å². The van der Waals surface area contributed by atoms with E-state index in [-0.39, 0.29) is 5.69 Å². The van der Waals surface area contributed by atoms with Crippen LogP contribution in [0.2, 0.25) is 5.02 Å². The molecule has 2 N–H and O–H groups in total. The lowest BCUT2D eigenvalue weighted by Gasteiger charge is -2.33. The highest BCUT2D eigenvalue weighted by Gasteiger charge is 2.39. The molecule has 0 saturated heterocycles. The van der Waals surface area contributed by atoms with Crippen molar-refractivity contribution in [3.8, 4) is 5.75 Å². The minimum absolute atomic E-state index is 0.319. The Morgan fingerprint density at radius 3 is 2.69 bits per heavy atom. The number of alkyl halides is 3. The Morgan fingerprint density at radius 2 is 2.00 bits per heavy atom. The fourth-order valence-electron chi connectivity index (χ4n) is 3.33. The summed E-state index contributed by atoms with van der Waals surface area (Å²) in [6.07, 6.45) is -4.61. The molecule has 2 aromatic carbocycles. The molecule has 0 spiro atoms. The molecular weight excluding hydrogens is 467 g/mol. The van der Waals surface area contributed by atoms with Gasteiger partial charge in [0.15, 0.2) is 0 Å². The van der Waals surface area contributed by atoms with Crippen LogP contribution in [-0.4, -0.2) is 33.1 Å². The maximum Gasteiger partial charge on any atom is 0.418 e. The second-order valence-electron chi connectivity index (χ2n) is 6.94. The summed E-state index contributed by atoms with van der Waals surface area (Å²) < 4.78 is 47.0. The standard InChI is InChI=1S/C20H17ClF3N5O2S/c1-10-26-27-19-29(10)28-16(11-7-8-15(31-2)13(21)9-11)17(32-19)18(30)25-14-6-4-3-5-12(14)20(22,23)24/h3-9,16-17,28H,1-2H3,(H,25,30)/t16-,17-/m0/s1. The van der Waals surface area contributed by atoms with Crippen molar-refractivity contribution in [2.24, 2.45) is 0 Å². The number of hydrogen-bond acceptors (Lipinski definition) is 6. The Bertz CT molecular complexity index is 1170. The number of methoxy groups -OCH3 is 1. The molecular formula is C20H17ClF3N5O2S. The molecule has 0 saturated carbocycles. The van der Waals surface area contributed by atoms with Crippen LogP contribution in [0.3, 0.4) is 0 Å². The van der Waals surface area contributed by atoms with Gasteiger partial charge in [0.05, 0.1) is 29.4 Å². The van der Waals surface area contributed by atoms with Crippen molar-refractivity contribution in [2.45, 2.75) is 29.5 Å². The van der Waals surface area contributed by atoms with Crippen LogP contribution in [0.25, 0.3) is 0 Å². The van der Waals surface area contributed by atoms with Gasteiger partial charge >= 0.3 is 6.18 Å². The third-order valence-electron chi connectivity index (χ3n) is 4.88. The summed E-state index contributed by atoms with van der Waals surface area (Å²) >= 11 is 7.37. The molecule has 0 unspecified atom stereocenters. The lowest BCUT2D eigenvalue weighted by Crippen LogP contribution is -2.41. The fraction of sp³-hybridized carbons (Fsp3) is 0.250. The predicted octanol–water partition coefficient (Wildman–Crippen LogP) is 4.67. The second-order valence-corrected chi connectivity index (χ2v) is 8.45. The fourth-order valence-corrected chi connectivity index (χ4v) is 4.72. The Hall–Kier alpha value is -2.92. The Balaban J connectivity index is 1.70. The molecule has 0 bridgehead atoms. The van der Waals surface area contributed by atoms with E-state index in [1.165, 1.54) is 25.3 Å². The van der Waals surface area contributed by atoms with Gasteiger partial charge in [0.25, 0.3) is 0 Å². The number of amides is 1. The van der Waals surface area contributed by atoms with Crippen LogP contribution in [0.15, 0.2) is 47.6 Å². The molecule has 0 radical (unpaired) electrons. The van der Waals surface area contributed by atoms with Crippen molar-refractivity contribution in [3.63, 3.8) is 0 Å². The van der Waals surface area contributed by atoms with Crippen LogP contribution in [0, 0.1) is 6.92 Å². The van der Waals surface area contributed by atoms with Gasteiger partial charge in [-0.1, -0.05) is 41.6 Å². The van der Waals surface area contributed by atoms with Crippen molar-refractivity contribution in [1.29, 1.82) is 0 Å². The molecule has 1 aliphatic rings. The number of carbonyl (C=O) groups excluding carboxylic acids is 1. The maximum atomic E-state index is 13.4. The normalized spacial score (nSPS) is 17.9. The highest BCUT2D eigenvalue weighted by atomic mass is 35.5. The van der Waals surface area contributed by atoms with Crippen LogP contribution in [0.1, 0.15) is 23.0 Å². The minimum atomic E-state index is -4.61. The highest BCUT2D eigenvalue weighted by Crippen LogP contribution is 2.40. The monoisotopic (exact) mass is 483 g/mol. The van der Waals surface area contributed by atoms with Crippen LogP contribution >= 0.6 is 23.4 Å². The molecule has 2 heterocycles. The number of para-hydroxylation sites is 1. The molecule has 0 fully saturated rings. The Labute approximate surface area is 190 Å². The van der Waals surface area contributed by atoms with Gasteiger partial charge in [-0.25, -0.2) is 4.68 Å². The van der Waals surface area contributed by atoms with Gasteiger partial charge in [0.1, 0.15) is 16.8 Å². The first kappa shape index (κ1) is 22.3. The topological polar surface area (TPSA) is 81.1 Å². The molecule has 4 rings (SSSR count). The molecule has 1 amide bonds. The number of ether oxygens (including phenoxy) is 1. The van der Waals surface area contributed by atoms with Gasteiger partial charge in [0.2, 0.25) is 11.1 Å². The van der Waals surface area contributed by atoms with Crippen molar-refractivity contribution < 1.29 is 22.7 Å². The largest absolute Gasteiger partial charge is 0.495 e. The van der Waals surface area contributed by atoms with Gasteiger partial charge < -0.3 is 15.5 Å². The SMILES string of the molecule is COc1ccc([C@@H]2Nn3c(C)nnc3S[C@@H]2C(=O)Nc2ccccc2C(F)(F)F)cc1Cl. The lowest BCUT2D eigenvalue weighted by atomic mass is 10.0. The van der Waals surface area contributed by atoms with Crippen molar-refractivity contribution in [1.82, 2.24) is 14.9 Å². The molecule has 168 valence electrons. The van der Waals surface area contributed by atoms with E-state index >= 15 is 0 Å². The van der Waals surface area contributed by atoms with Crippen molar-refractivity contribution in [3.05, 3.63) is 64.4 Å². The number of carbonyl (C=O) groups is 1. The predicted molar refractivity (Wildman–Crippen MR) is 115 cm³/mol. The number of aryl methyl sites for hydroxylation is 1. The van der Waals surface area contributed by atoms with Crippen molar-refractivity contribution in [2.75, 3.05) is 17.9 Å². The van der Waals surface area contributed by atoms with E-state index in [1.807, 2.05) is 0 Å². The highest BCUT2D eigenvalue weighted by molar-refractivity contribution is 8.00. The van der Waals surface area contributed by atoms with Gasteiger partial charge in [-0.3, -0.25) is 4.79 Å². The number of anilines is 1. The smallest absolute Gasteiger partial charge is 0.418 e. The maximum absolute atomic E-state index is 13.4. The van der Waals surface area contributed by atoms with E-state index in [9.17, 15) is 18.0 Å². The van der Waals surface area contributed by atoms with E-state index < -0.39 is 28.9 Å². The number of nitrogens with zero attached hydrogens (tertiary/aromatic N) is 3. The number of fused-ring (bicyclic) bond motifs is 1. The summed E-state index contributed by atoms with van der Waals surface area (Å²) in [5, 5.41) is 10.4. The zero-order valence-electron chi connectivity index (χ0n) is 16.8. The van der Waals surface area contributed by atoms with E-state index in [2.05, 4.69) is 20.9 Å². The quantitative estimate of drug-likeness (QED) is 0.561. The van der Waals surface area contributed by atoms with E-state index in [4.69, 9.17) is 16.3 Å². The molecule has 12 heteroatoms. The summed E-state index contributed by atoms with van der Waals surface area (Å²) in [6.45, 7) is 1.74. The van der Waals surface area contributed by atoms with Crippen LogP contribution in [-0.2, 0) is 11.0 Å². The third kappa shape index (κ3) is 4.22. The van der Waals surface area contributed by atoms with Gasteiger partial charge in [-0.2, -0.15) is 13.2 Å². The summed E-state index contributed by atoms with van der Waals surface area (Å²) in [6, 6.07) is 9.23. The molecule has 0 aliphatic carbocycles. The number of nitrogens with one attached hydrogen (secondary N) is 2. The summed E-state index contributed by atoms with van der Waals surface area (Å²) in [5.41, 5.74) is 2.58. The average Bonchev–Trinajstić information content (AvgIpc) is 3.12. The van der Waals surface area contributed by atoms with Gasteiger partial charge in [0, 0.05) is 0 Å². The van der Waals surface area contributed by atoms with Crippen molar-refractivity contribution >= 4 is 35.0 Å². The van der Waals surface area contributed by atoms with Gasteiger partial charge in [-0.15, -0.1) is 10.2 Å². The summed E-state index contributed by atoms with van der Waals surface area (Å²) in [4.78, 5) is 13.2. The number of aromatic nitrogens is 3. The number of thioether (sulfide) groups is 1. The molecule has 3 aromatic rings. The first-order chi connectivity index (χ1) is 15.2. The van der Waals surface area contributed by atoms with Crippen LogP contribution in [0.5, 0.6) is 5.75 Å². The molecule has 1 aliphatic heterocycles. The zero-order valence-corrected chi connectivity index (χ0v) is 18.3. The van der Waals surface area contributed by atoms with Gasteiger partial charge in [-0.05, 0) is 36.8 Å². The number of halogens is 4. The van der Waals surface area contributed by atoms with E-state index in [0.29, 0.717) is 27.3 Å². The third-order valence-corrected chi connectivity index (χ3v) is 6.39. The molecule has 1 aromatic heterocycles. The number of rotatable bonds is 4. The number of benzene rings is 2. The summed E-state index contributed by atoms with van der Waals surface area (Å²) in [7, 11) is 1.48. The van der Waals surface area contributed by atoms with E-state index in [1.54, 1.807) is 29.8 Å². The molecule has 7 nitrogen and oxygen atoms in total. The summed E-state index contributed by atoms with van der Waals surface area (Å²) in [5.74, 6) is 0.404. The molecule has 2 atom stereocenters. The first-order valence-electron chi connectivity index (χ1n) is 9.35. The Morgan fingerprint density at radius 1 is 1.25 bits per heavy atom. The average molecular weight is 484 g/mol. The van der Waals surface area contributed by atoms with Crippen LogP contribution < -0.4 is 15.5 Å². The van der Waals surface area contributed by atoms with E-state index in [0.717, 1.165) is 17.8 Å². The number of hydrogen-bond donors (Lipinski definition) is 2. The zero-order chi connectivity index (χ0) is 23.0. The first-order valence-corrected chi connectivity index (χ1v) is 10.6. The second kappa shape index (κ2) is 8.55. The minimum Gasteiger partial charge on any atom is -0.495 e. The lowest BCUT2D eigenvalue weighted by molar-refractivity contribution is -0.137. The Kier molecular flexibility index (Phi) is 5.95.